The standard InChI is InChI=1S/C20H22ClN5O/c21-16-5-3-6-17(15-16)24-11-13-25(14-12-24)20(27)9-4-8-19-23-22-18-7-1-2-10-26(18)19/h1-3,5-7,10,15H,4,8-9,11-14H2. The summed E-state index contributed by atoms with van der Waals surface area (Å²) in [4.78, 5) is 16.8. The average Bonchev–Trinajstić information content (AvgIpc) is 3.11. The zero-order valence-electron chi connectivity index (χ0n) is 15.1. The molecule has 0 radical (unpaired) electrons. The SMILES string of the molecule is O=C(CCCc1nnc2ccccn12)N1CCN(c2cccc(Cl)c2)CC1. The van der Waals surface area contributed by atoms with Crippen LogP contribution in [0.4, 0.5) is 5.69 Å². The minimum absolute atomic E-state index is 0.217. The minimum atomic E-state index is 0.217. The molecule has 3 aromatic rings. The summed E-state index contributed by atoms with van der Waals surface area (Å²) in [5, 5.41) is 9.12. The maximum atomic E-state index is 12.5. The molecule has 0 N–H and O–H groups in total. The summed E-state index contributed by atoms with van der Waals surface area (Å²) in [6, 6.07) is 13.7. The smallest absolute Gasteiger partial charge is 0.222 e. The van der Waals surface area contributed by atoms with Gasteiger partial charge in [-0.15, -0.1) is 10.2 Å². The van der Waals surface area contributed by atoms with Gasteiger partial charge < -0.3 is 9.80 Å². The zero-order valence-corrected chi connectivity index (χ0v) is 15.8. The van der Waals surface area contributed by atoms with Crippen molar-refractivity contribution in [2.45, 2.75) is 19.3 Å². The number of piperazine rings is 1. The molecule has 3 heterocycles. The predicted octanol–water partition coefficient (Wildman–Crippen LogP) is 3.05. The first-order valence-corrected chi connectivity index (χ1v) is 9.65. The summed E-state index contributed by atoms with van der Waals surface area (Å²) in [6.07, 6.45) is 4.03. The lowest BCUT2D eigenvalue weighted by atomic mass is 10.2. The molecule has 6 nitrogen and oxygen atoms in total. The summed E-state index contributed by atoms with van der Waals surface area (Å²) in [5.74, 6) is 1.12. The van der Waals surface area contributed by atoms with E-state index < -0.39 is 0 Å². The first-order valence-electron chi connectivity index (χ1n) is 9.28. The fourth-order valence-corrected chi connectivity index (χ4v) is 3.69. The molecule has 1 aromatic carbocycles. The zero-order chi connectivity index (χ0) is 18.6. The van der Waals surface area contributed by atoms with Crippen molar-refractivity contribution >= 4 is 28.8 Å². The maximum absolute atomic E-state index is 12.5. The summed E-state index contributed by atoms with van der Waals surface area (Å²) in [5.41, 5.74) is 1.96. The first kappa shape index (κ1) is 17.8. The number of aryl methyl sites for hydroxylation is 1. The number of pyridine rings is 1. The fraction of sp³-hybridized carbons (Fsp3) is 0.350. The van der Waals surface area contributed by atoms with E-state index in [2.05, 4.69) is 21.2 Å². The second kappa shape index (κ2) is 7.96. The Bertz CT molecular complexity index is 933. The second-order valence-corrected chi connectivity index (χ2v) is 7.18. The monoisotopic (exact) mass is 383 g/mol. The van der Waals surface area contributed by atoms with Crippen molar-refractivity contribution in [1.82, 2.24) is 19.5 Å². The van der Waals surface area contributed by atoms with Gasteiger partial charge in [-0.25, -0.2) is 0 Å². The Hall–Kier alpha value is -2.60. The number of anilines is 1. The normalized spacial score (nSPS) is 14.7. The number of hydrogen-bond acceptors (Lipinski definition) is 4. The third-order valence-electron chi connectivity index (χ3n) is 4.98. The van der Waals surface area contributed by atoms with Gasteiger partial charge in [0.05, 0.1) is 0 Å². The lowest BCUT2D eigenvalue weighted by Gasteiger charge is -2.36. The van der Waals surface area contributed by atoms with Crippen molar-refractivity contribution in [2.75, 3.05) is 31.1 Å². The molecule has 4 rings (SSSR count). The van der Waals surface area contributed by atoms with Gasteiger partial charge in [-0.1, -0.05) is 23.7 Å². The van der Waals surface area contributed by atoms with Crippen molar-refractivity contribution in [3.8, 4) is 0 Å². The fourth-order valence-electron chi connectivity index (χ4n) is 3.50. The van der Waals surface area contributed by atoms with Crippen molar-refractivity contribution in [3.63, 3.8) is 0 Å². The van der Waals surface area contributed by atoms with Gasteiger partial charge in [0.25, 0.3) is 0 Å². The first-order chi connectivity index (χ1) is 13.2. The van der Waals surface area contributed by atoms with Crippen LogP contribution in [0.15, 0.2) is 48.7 Å². The van der Waals surface area contributed by atoms with Gasteiger partial charge in [0.15, 0.2) is 5.65 Å². The van der Waals surface area contributed by atoms with Gasteiger partial charge in [0, 0.05) is 55.9 Å². The van der Waals surface area contributed by atoms with Gasteiger partial charge in [-0.3, -0.25) is 9.20 Å². The molecule has 0 atom stereocenters. The average molecular weight is 384 g/mol. The number of halogens is 1. The van der Waals surface area contributed by atoms with E-state index in [1.807, 2.05) is 51.9 Å². The van der Waals surface area contributed by atoms with E-state index in [-0.39, 0.29) is 5.91 Å². The number of aromatic nitrogens is 3. The summed E-state index contributed by atoms with van der Waals surface area (Å²) in [6.45, 7) is 3.17. The molecule has 0 unspecified atom stereocenters. The second-order valence-electron chi connectivity index (χ2n) is 6.75. The lowest BCUT2D eigenvalue weighted by Crippen LogP contribution is -2.48. The Morgan fingerprint density at radius 3 is 2.70 bits per heavy atom. The van der Waals surface area contributed by atoms with E-state index in [0.29, 0.717) is 6.42 Å². The lowest BCUT2D eigenvalue weighted by molar-refractivity contribution is -0.131. The molecule has 1 saturated heterocycles. The highest BCUT2D eigenvalue weighted by atomic mass is 35.5. The van der Waals surface area contributed by atoms with Gasteiger partial charge in [-0.05, 0) is 36.8 Å². The molecular weight excluding hydrogens is 362 g/mol. The summed E-state index contributed by atoms with van der Waals surface area (Å²) in [7, 11) is 0. The Kier molecular flexibility index (Phi) is 5.25. The topological polar surface area (TPSA) is 53.7 Å². The van der Waals surface area contributed by atoms with Crippen LogP contribution in [0.25, 0.3) is 5.65 Å². The molecule has 1 aliphatic rings. The highest BCUT2D eigenvalue weighted by Crippen LogP contribution is 2.21. The number of fused-ring (bicyclic) bond motifs is 1. The molecule has 1 fully saturated rings. The van der Waals surface area contributed by atoms with Gasteiger partial charge in [0.1, 0.15) is 5.82 Å². The third kappa shape index (κ3) is 4.06. The number of carbonyl (C=O) groups is 1. The molecular formula is C20H22ClN5O. The molecule has 140 valence electrons. The van der Waals surface area contributed by atoms with Crippen LogP contribution in [-0.2, 0) is 11.2 Å². The third-order valence-corrected chi connectivity index (χ3v) is 5.22. The highest BCUT2D eigenvalue weighted by Gasteiger charge is 2.21. The molecule has 27 heavy (non-hydrogen) atoms. The van der Waals surface area contributed by atoms with E-state index in [9.17, 15) is 4.79 Å². The minimum Gasteiger partial charge on any atom is -0.368 e. The summed E-state index contributed by atoms with van der Waals surface area (Å²) < 4.78 is 1.98. The van der Waals surface area contributed by atoms with E-state index >= 15 is 0 Å². The van der Waals surface area contributed by atoms with E-state index in [4.69, 9.17) is 11.6 Å². The van der Waals surface area contributed by atoms with Gasteiger partial charge >= 0.3 is 0 Å². The quantitative estimate of drug-likeness (QED) is 0.679. The van der Waals surface area contributed by atoms with Crippen LogP contribution in [0.3, 0.4) is 0 Å². The Morgan fingerprint density at radius 1 is 1.04 bits per heavy atom. The number of amides is 1. The predicted molar refractivity (Wildman–Crippen MR) is 106 cm³/mol. The van der Waals surface area contributed by atoms with Crippen LogP contribution >= 0.6 is 11.6 Å². The van der Waals surface area contributed by atoms with Crippen molar-refractivity contribution in [2.24, 2.45) is 0 Å². The molecule has 1 aliphatic heterocycles. The molecule has 0 bridgehead atoms. The number of benzene rings is 1. The van der Waals surface area contributed by atoms with Crippen LogP contribution in [0.5, 0.6) is 0 Å². The van der Waals surface area contributed by atoms with Crippen molar-refractivity contribution in [1.29, 1.82) is 0 Å². The van der Waals surface area contributed by atoms with Crippen LogP contribution in [0, 0.1) is 0 Å². The van der Waals surface area contributed by atoms with Crippen molar-refractivity contribution in [3.05, 3.63) is 59.5 Å². The Balaban J connectivity index is 1.26. The molecule has 0 saturated carbocycles. The Morgan fingerprint density at radius 2 is 1.89 bits per heavy atom. The van der Waals surface area contributed by atoms with Gasteiger partial charge in [-0.2, -0.15) is 0 Å². The van der Waals surface area contributed by atoms with E-state index in [0.717, 1.165) is 61.2 Å². The van der Waals surface area contributed by atoms with Crippen LogP contribution in [-0.4, -0.2) is 51.6 Å². The maximum Gasteiger partial charge on any atom is 0.222 e. The number of hydrogen-bond donors (Lipinski definition) is 0. The van der Waals surface area contributed by atoms with E-state index in [1.54, 1.807) is 0 Å². The molecule has 0 aliphatic carbocycles. The van der Waals surface area contributed by atoms with Crippen LogP contribution in [0.1, 0.15) is 18.7 Å². The molecule has 0 spiro atoms. The molecule has 2 aromatic heterocycles. The highest BCUT2D eigenvalue weighted by molar-refractivity contribution is 6.30. The Labute approximate surface area is 163 Å². The van der Waals surface area contributed by atoms with Crippen LogP contribution in [0.2, 0.25) is 5.02 Å². The van der Waals surface area contributed by atoms with E-state index in [1.165, 1.54) is 0 Å². The number of rotatable bonds is 5. The summed E-state index contributed by atoms with van der Waals surface area (Å²) >= 11 is 6.08. The largest absolute Gasteiger partial charge is 0.368 e. The number of carbonyl (C=O) groups excluding carboxylic acids is 1. The van der Waals surface area contributed by atoms with Crippen LogP contribution < -0.4 is 4.90 Å². The molecule has 1 amide bonds. The van der Waals surface area contributed by atoms with Crippen molar-refractivity contribution < 1.29 is 4.79 Å². The number of nitrogens with zero attached hydrogens (tertiary/aromatic N) is 5. The van der Waals surface area contributed by atoms with Gasteiger partial charge in [0.2, 0.25) is 5.91 Å². The molecule has 7 heteroatoms.